The summed E-state index contributed by atoms with van der Waals surface area (Å²) in [6.07, 6.45) is 3.92. The van der Waals surface area contributed by atoms with Crippen LogP contribution in [0.3, 0.4) is 0 Å². The van der Waals surface area contributed by atoms with Gasteiger partial charge in [0.05, 0.1) is 23.9 Å². The van der Waals surface area contributed by atoms with Gasteiger partial charge in [-0.15, -0.1) is 0 Å². The summed E-state index contributed by atoms with van der Waals surface area (Å²) in [6, 6.07) is 1.96. The predicted molar refractivity (Wildman–Crippen MR) is 128 cm³/mol. The highest BCUT2D eigenvalue weighted by atomic mass is 16.5. The van der Waals surface area contributed by atoms with Crippen LogP contribution in [-0.4, -0.2) is 63.9 Å². The molecular weight excluding hydrogens is 432 g/mol. The smallest absolute Gasteiger partial charge is 0.255 e. The number of aryl methyl sites for hydroxylation is 3. The second-order valence-corrected chi connectivity index (χ2v) is 8.93. The summed E-state index contributed by atoms with van der Waals surface area (Å²) < 4.78 is 12.2. The van der Waals surface area contributed by atoms with Gasteiger partial charge in [-0.05, 0) is 33.8 Å². The summed E-state index contributed by atoms with van der Waals surface area (Å²) in [6.45, 7) is 10.0. The van der Waals surface area contributed by atoms with Crippen LogP contribution in [0, 0.1) is 20.8 Å². The molecule has 1 fully saturated rings. The third kappa shape index (κ3) is 3.44. The number of carbonyl (C=O) groups is 1. The second kappa shape index (κ2) is 8.27. The Labute approximate surface area is 198 Å². The molecule has 34 heavy (non-hydrogen) atoms. The van der Waals surface area contributed by atoms with Gasteiger partial charge in [0.2, 0.25) is 5.88 Å². The molecule has 1 saturated heterocycles. The number of fused-ring (bicyclic) bond motifs is 1. The van der Waals surface area contributed by atoms with Crippen molar-refractivity contribution < 1.29 is 9.53 Å². The van der Waals surface area contributed by atoms with Gasteiger partial charge in [-0.2, -0.15) is 10.1 Å². The first kappa shape index (κ1) is 22.1. The van der Waals surface area contributed by atoms with Crippen LogP contribution in [0.2, 0.25) is 0 Å². The zero-order valence-electron chi connectivity index (χ0n) is 20.5. The molecule has 0 unspecified atom stereocenters. The molecule has 178 valence electrons. The molecule has 4 aromatic rings. The van der Waals surface area contributed by atoms with E-state index in [1.54, 1.807) is 0 Å². The lowest BCUT2D eigenvalue weighted by Gasteiger charge is -2.17. The van der Waals surface area contributed by atoms with E-state index in [4.69, 9.17) is 9.72 Å². The fourth-order valence-corrected chi connectivity index (χ4v) is 4.70. The maximum absolute atomic E-state index is 13.1. The van der Waals surface area contributed by atoms with E-state index >= 15 is 0 Å². The van der Waals surface area contributed by atoms with Crippen molar-refractivity contribution in [3.8, 4) is 17.3 Å². The maximum atomic E-state index is 13.1. The molecule has 1 amide bonds. The molecule has 0 spiro atoms. The molecule has 5 rings (SSSR count). The van der Waals surface area contributed by atoms with Crippen molar-refractivity contribution in [2.75, 3.05) is 13.1 Å². The molecular formula is C24H30N8O2. The van der Waals surface area contributed by atoms with E-state index in [2.05, 4.69) is 22.0 Å². The van der Waals surface area contributed by atoms with Crippen LogP contribution in [0.5, 0.6) is 5.88 Å². The predicted octanol–water partition coefficient (Wildman–Crippen LogP) is 2.80. The van der Waals surface area contributed by atoms with Crippen LogP contribution in [0.25, 0.3) is 22.6 Å². The van der Waals surface area contributed by atoms with Crippen LogP contribution >= 0.6 is 0 Å². The molecule has 4 aromatic heterocycles. The molecule has 1 aliphatic heterocycles. The first-order valence-electron chi connectivity index (χ1n) is 11.6. The molecule has 0 aliphatic carbocycles. The third-order valence-corrected chi connectivity index (χ3v) is 6.98. The Morgan fingerprint density at radius 2 is 1.94 bits per heavy atom. The molecule has 0 aromatic carbocycles. The summed E-state index contributed by atoms with van der Waals surface area (Å²) in [5.41, 5.74) is 6.12. The number of imidazole rings is 1. The SMILES string of the molecule is CCn1ncc(-c2nc3c(O[C@H]4CCN(C(=O)c5cc(C)n(C)c5C)C4)ncnc3n2C)c1C. The van der Waals surface area contributed by atoms with Crippen molar-refractivity contribution in [2.24, 2.45) is 14.1 Å². The number of amides is 1. The number of hydrogen-bond acceptors (Lipinski definition) is 6. The minimum Gasteiger partial charge on any atom is -0.471 e. The van der Waals surface area contributed by atoms with Crippen molar-refractivity contribution in [3.05, 3.63) is 41.2 Å². The number of nitrogens with zero attached hydrogens (tertiary/aromatic N) is 8. The Morgan fingerprint density at radius 3 is 2.62 bits per heavy atom. The van der Waals surface area contributed by atoms with Gasteiger partial charge < -0.3 is 18.8 Å². The summed E-state index contributed by atoms with van der Waals surface area (Å²) in [5, 5.41) is 4.45. The van der Waals surface area contributed by atoms with E-state index in [1.165, 1.54) is 6.33 Å². The van der Waals surface area contributed by atoms with Crippen LogP contribution in [-0.2, 0) is 20.6 Å². The highest BCUT2D eigenvalue weighted by Gasteiger charge is 2.31. The fourth-order valence-electron chi connectivity index (χ4n) is 4.70. The first-order valence-corrected chi connectivity index (χ1v) is 11.6. The zero-order chi connectivity index (χ0) is 24.1. The molecule has 0 radical (unpaired) electrons. The number of ether oxygens (including phenoxy) is 1. The molecule has 10 heteroatoms. The van der Waals surface area contributed by atoms with Crippen LogP contribution in [0.1, 0.15) is 40.8 Å². The zero-order valence-corrected chi connectivity index (χ0v) is 20.5. The van der Waals surface area contributed by atoms with E-state index in [-0.39, 0.29) is 12.0 Å². The monoisotopic (exact) mass is 462 g/mol. The minimum atomic E-state index is -0.151. The number of carbonyl (C=O) groups excluding carboxylic acids is 1. The number of aromatic nitrogens is 7. The third-order valence-electron chi connectivity index (χ3n) is 6.98. The number of hydrogen-bond donors (Lipinski definition) is 0. The van der Waals surface area contributed by atoms with Gasteiger partial charge >= 0.3 is 0 Å². The quantitative estimate of drug-likeness (QED) is 0.453. The second-order valence-electron chi connectivity index (χ2n) is 8.93. The van der Waals surface area contributed by atoms with Gasteiger partial charge in [0.1, 0.15) is 18.3 Å². The Bertz CT molecular complexity index is 1400. The summed E-state index contributed by atoms with van der Waals surface area (Å²) in [5.74, 6) is 1.26. The largest absolute Gasteiger partial charge is 0.471 e. The van der Waals surface area contributed by atoms with Crippen molar-refractivity contribution in [1.82, 2.24) is 38.8 Å². The van der Waals surface area contributed by atoms with Gasteiger partial charge in [0.25, 0.3) is 5.91 Å². The molecule has 0 N–H and O–H groups in total. The number of likely N-dealkylation sites (tertiary alicyclic amines) is 1. The van der Waals surface area contributed by atoms with E-state index in [1.807, 2.05) is 65.8 Å². The van der Waals surface area contributed by atoms with Gasteiger partial charge in [-0.25, -0.2) is 9.97 Å². The Hall–Kier alpha value is -3.69. The molecule has 0 bridgehead atoms. The van der Waals surface area contributed by atoms with Gasteiger partial charge in [-0.1, -0.05) is 0 Å². The minimum absolute atomic E-state index is 0.0451. The van der Waals surface area contributed by atoms with E-state index in [0.29, 0.717) is 30.1 Å². The lowest BCUT2D eigenvalue weighted by atomic mass is 10.2. The normalized spacial score (nSPS) is 16.1. The van der Waals surface area contributed by atoms with Crippen molar-refractivity contribution in [3.63, 3.8) is 0 Å². The highest BCUT2D eigenvalue weighted by Crippen LogP contribution is 2.30. The van der Waals surface area contributed by atoms with E-state index < -0.39 is 0 Å². The van der Waals surface area contributed by atoms with Crippen molar-refractivity contribution in [1.29, 1.82) is 0 Å². The Balaban J connectivity index is 1.39. The molecule has 10 nitrogen and oxygen atoms in total. The average Bonchev–Trinajstić information content (AvgIpc) is 3.58. The van der Waals surface area contributed by atoms with Crippen molar-refractivity contribution >= 4 is 17.1 Å². The standard InChI is InChI=1S/C24H30N8O2/c1-7-32-16(4)19(11-27-32)21-28-20-22(30(21)6)25-13-26-23(20)34-17-8-9-31(12-17)24(33)18-10-14(2)29(5)15(18)3/h10-11,13,17H,7-9,12H2,1-6H3/t17-/m0/s1. The van der Waals surface area contributed by atoms with Crippen molar-refractivity contribution in [2.45, 2.75) is 46.8 Å². The molecule has 1 aliphatic rings. The van der Waals surface area contributed by atoms with Gasteiger partial charge in [0, 0.05) is 50.7 Å². The fraction of sp³-hybridized carbons (Fsp3) is 0.458. The van der Waals surface area contributed by atoms with Gasteiger partial charge in [0.15, 0.2) is 11.2 Å². The molecule has 0 saturated carbocycles. The first-order chi connectivity index (χ1) is 16.3. The highest BCUT2D eigenvalue weighted by molar-refractivity contribution is 5.96. The number of rotatable bonds is 5. The molecule has 5 heterocycles. The van der Waals surface area contributed by atoms with Crippen LogP contribution < -0.4 is 4.74 Å². The molecule has 1 atom stereocenters. The van der Waals surface area contributed by atoms with E-state index in [0.717, 1.165) is 47.0 Å². The lowest BCUT2D eigenvalue weighted by molar-refractivity contribution is 0.0770. The Morgan fingerprint density at radius 1 is 1.15 bits per heavy atom. The lowest BCUT2D eigenvalue weighted by Crippen LogP contribution is -2.31. The average molecular weight is 463 g/mol. The summed E-state index contributed by atoms with van der Waals surface area (Å²) in [4.78, 5) is 28.6. The maximum Gasteiger partial charge on any atom is 0.255 e. The van der Waals surface area contributed by atoms with Crippen LogP contribution in [0.15, 0.2) is 18.6 Å². The summed E-state index contributed by atoms with van der Waals surface area (Å²) in [7, 11) is 3.91. The summed E-state index contributed by atoms with van der Waals surface area (Å²) >= 11 is 0. The topological polar surface area (TPSA) is 95.9 Å². The van der Waals surface area contributed by atoms with E-state index in [9.17, 15) is 4.79 Å². The van der Waals surface area contributed by atoms with Gasteiger partial charge in [-0.3, -0.25) is 9.48 Å². The van der Waals surface area contributed by atoms with Crippen LogP contribution in [0.4, 0.5) is 0 Å². The Kier molecular flexibility index (Phi) is 5.38.